The summed E-state index contributed by atoms with van der Waals surface area (Å²) in [7, 11) is -4.64. The van der Waals surface area contributed by atoms with Crippen LogP contribution in [0.3, 0.4) is 0 Å². The topological polar surface area (TPSA) is 148 Å². The first-order chi connectivity index (χ1) is 15.1. The number of nitro benzene ring substituents is 1. The van der Waals surface area contributed by atoms with Gasteiger partial charge in [0.05, 0.1) is 23.3 Å². The van der Waals surface area contributed by atoms with Crippen molar-refractivity contribution in [1.29, 1.82) is 0 Å². The number of carbonyl (C=O) groups is 1. The van der Waals surface area contributed by atoms with Crippen molar-refractivity contribution in [3.63, 3.8) is 0 Å². The Balaban J connectivity index is 2.11. The SMILES string of the molecule is CCOC(=O)c1nn(-c2ccc(C)cc2)c(=O)cc1OS(=O)(=O)c1cccc([N+](=O)[O-])c1. The molecule has 0 unspecified atom stereocenters. The number of carbonyl (C=O) groups excluding carboxylic acids is 1. The fourth-order valence-electron chi connectivity index (χ4n) is 2.63. The van der Waals surface area contributed by atoms with Crippen molar-refractivity contribution >= 4 is 21.8 Å². The summed E-state index contributed by atoms with van der Waals surface area (Å²) in [5.41, 5.74) is -0.546. The molecular weight excluding hydrogens is 442 g/mol. The van der Waals surface area contributed by atoms with Gasteiger partial charge in [0.25, 0.3) is 11.2 Å². The van der Waals surface area contributed by atoms with E-state index in [1.165, 1.54) is 6.92 Å². The average Bonchev–Trinajstić information content (AvgIpc) is 2.74. The highest BCUT2D eigenvalue weighted by Gasteiger charge is 2.26. The van der Waals surface area contributed by atoms with Crippen molar-refractivity contribution in [2.24, 2.45) is 0 Å². The molecule has 0 aliphatic rings. The second kappa shape index (κ2) is 8.98. The van der Waals surface area contributed by atoms with Crippen molar-refractivity contribution in [1.82, 2.24) is 9.78 Å². The zero-order valence-corrected chi connectivity index (χ0v) is 17.7. The maximum Gasteiger partial charge on any atom is 0.362 e. The van der Waals surface area contributed by atoms with E-state index in [-0.39, 0.29) is 6.61 Å². The Hall–Kier alpha value is -4.06. The predicted octanol–water partition coefficient (Wildman–Crippen LogP) is 2.39. The minimum absolute atomic E-state index is 0.0404. The molecule has 0 amide bonds. The minimum Gasteiger partial charge on any atom is -0.461 e. The Morgan fingerprint density at radius 3 is 2.47 bits per heavy atom. The van der Waals surface area contributed by atoms with Crippen LogP contribution in [-0.2, 0) is 14.9 Å². The Bertz CT molecular complexity index is 1350. The minimum atomic E-state index is -4.64. The summed E-state index contributed by atoms with van der Waals surface area (Å²) >= 11 is 0. The van der Waals surface area contributed by atoms with Gasteiger partial charge in [-0.2, -0.15) is 18.2 Å². The van der Waals surface area contributed by atoms with Crippen molar-refractivity contribution in [3.05, 3.63) is 86.3 Å². The van der Waals surface area contributed by atoms with Gasteiger partial charge in [-0.1, -0.05) is 23.8 Å². The van der Waals surface area contributed by atoms with Gasteiger partial charge >= 0.3 is 16.1 Å². The zero-order chi connectivity index (χ0) is 23.5. The number of rotatable bonds is 7. The van der Waals surface area contributed by atoms with E-state index in [1.54, 1.807) is 24.3 Å². The van der Waals surface area contributed by atoms with Crippen LogP contribution in [-0.4, -0.2) is 35.7 Å². The summed E-state index contributed by atoms with van der Waals surface area (Å²) in [6, 6.07) is 11.6. The van der Waals surface area contributed by atoms with E-state index in [9.17, 15) is 28.1 Å². The van der Waals surface area contributed by atoms with Crippen LogP contribution in [0.1, 0.15) is 23.0 Å². The number of aryl methyl sites for hydroxylation is 1. The molecule has 0 aliphatic heterocycles. The average molecular weight is 459 g/mol. The largest absolute Gasteiger partial charge is 0.461 e. The molecule has 0 spiro atoms. The highest BCUT2D eigenvalue weighted by Crippen LogP contribution is 2.24. The molecular formula is C20H17N3O8S. The molecule has 166 valence electrons. The smallest absolute Gasteiger partial charge is 0.362 e. The summed E-state index contributed by atoms with van der Waals surface area (Å²) in [5, 5.41) is 14.9. The molecule has 0 atom stereocenters. The highest BCUT2D eigenvalue weighted by molar-refractivity contribution is 7.87. The fourth-order valence-corrected chi connectivity index (χ4v) is 3.60. The van der Waals surface area contributed by atoms with Gasteiger partial charge < -0.3 is 8.92 Å². The Labute approximate surface area is 182 Å². The highest BCUT2D eigenvalue weighted by atomic mass is 32.2. The van der Waals surface area contributed by atoms with Gasteiger partial charge in [-0.3, -0.25) is 14.9 Å². The van der Waals surface area contributed by atoms with Gasteiger partial charge in [0.2, 0.25) is 5.69 Å². The number of nitrogens with zero attached hydrogens (tertiary/aromatic N) is 3. The third-order valence-corrected chi connectivity index (χ3v) is 5.39. The molecule has 0 saturated heterocycles. The molecule has 0 radical (unpaired) electrons. The number of ether oxygens (including phenoxy) is 1. The second-order valence-electron chi connectivity index (χ2n) is 6.46. The second-order valence-corrected chi connectivity index (χ2v) is 8.00. The quantitative estimate of drug-likeness (QED) is 0.225. The van der Waals surface area contributed by atoms with Crippen molar-refractivity contribution < 1.29 is 27.1 Å². The van der Waals surface area contributed by atoms with E-state index >= 15 is 0 Å². The molecule has 0 saturated carbocycles. The van der Waals surface area contributed by atoms with Crippen LogP contribution in [0.5, 0.6) is 5.75 Å². The molecule has 0 aliphatic carbocycles. The molecule has 12 heteroatoms. The number of esters is 1. The third kappa shape index (κ3) is 4.81. The molecule has 1 aromatic heterocycles. The lowest BCUT2D eigenvalue weighted by molar-refractivity contribution is -0.385. The number of benzene rings is 2. The van der Waals surface area contributed by atoms with Crippen molar-refractivity contribution in [2.75, 3.05) is 6.61 Å². The van der Waals surface area contributed by atoms with Crippen LogP contribution >= 0.6 is 0 Å². The summed E-state index contributed by atoms with van der Waals surface area (Å²) < 4.78 is 36.2. The fraction of sp³-hybridized carbons (Fsp3) is 0.150. The van der Waals surface area contributed by atoms with Gasteiger partial charge in [-0.15, -0.1) is 0 Å². The van der Waals surface area contributed by atoms with Crippen LogP contribution in [0.25, 0.3) is 5.69 Å². The number of non-ortho nitro benzene ring substituents is 1. The standard InChI is InChI=1S/C20H17N3O8S/c1-3-30-20(25)19-17(12-18(24)22(21-19)14-9-7-13(2)8-10-14)31-32(28,29)16-6-4-5-15(11-16)23(26)27/h4-12H,3H2,1-2H3. The lowest BCUT2D eigenvalue weighted by Crippen LogP contribution is -2.26. The zero-order valence-electron chi connectivity index (χ0n) is 16.9. The number of aromatic nitrogens is 2. The summed E-state index contributed by atoms with van der Waals surface area (Å²) in [6.07, 6.45) is 0. The lowest BCUT2D eigenvalue weighted by atomic mass is 10.2. The number of hydrogen-bond donors (Lipinski definition) is 0. The number of nitro groups is 1. The van der Waals surface area contributed by atoms with E-state index < -0.39 is 48.6 Å². The maximum atomic E-state index is 12.7. The molecule has 32 heavy (non-hydrogen) atoms. The van der Waals surface area contributed by atoms with Gasteiger partial charge in [0.1, 0.15) is 4.90 Å². The summed E-state index contributed by atoms with van der Waals surface area (Å²) in [4.78, 5) is 34.7. The van der Waals surface area contributed by atoms with Gasteiger partial charge in [0.15, 0.2) is 5.75 Å². The predicted molar refractivity (Wildman–Crippen MR) is 111 cm³/mol. The van der Waals surface area contributed by atoms with E-state index in [1.807, 2.05) is 6.92 Å². The first kappa shape index (κ1) is 22.6. The van der Waals surface area contributed by atoms with Gasteiger partial charge in [0, 0.05) is 12.1 Å². The first-order valence-electron chi connectivity index (χ1n) is 9.20. The van der Waals surface area contributed by atoms with Gasteiger partial charge in [-0.05, 0) is 32.0 Å². The van der Waals surface area contributed by atoms with Crippen LogP contribution in [0.15, 0.2) is 64.3 Å². The number of hydrogen-bond acceptors (Lipinski definition) is 9. The van der Waals surface area contributed by atoms with Crippen LogP contribution in [0.4, 0.5) is 5.69 Å². The molecule has 0 fully saturated rings. The first-order valence-corrected chi connectivity index (χ1v) is 10.6. The van der Waals surface area contributed by atoms with E-state index in [0.29, 0.717) is 5.69 Å². The normalized spacial score (nSPS) is 11.1. The third-order valence-electron chi connectivity index (χ3n) is 4.16. The monoisotopic (exact) mass is 459 g/mol. The molecule has 3 rings (SSSR count). The van der Waals surface area contributed by atoms with E-state index in [0.717, 1.165) is 40.6 Å². The molecule has 1 heterocycles. The Kier molecular flexibility index (Phi) is 6.35. The van der Waals surface area contributed by atoms with Crippen LogP contribution in [0, 0.1) is 17.0 Å². The molecule has 2 aromatic carbocycles. The van der Waals surface area contributed by atoms with E-state index in [2.05, 4.69) is 5.10 Å². The Morgan fingerprint density at radius 1 is 1.16 bits per heavy atom. The van der Waals surface area contributed by atoms with Crippen molar-refractivity contribution in [2.45, 2.75) is 18.7 Å². The van der Waals surface area contributed by atoms with Gasteiger partial charge in [-0.25, -0.2) is 4.79 Å². The van der Waals surface area contributed by atoms with Crippen LogP contribution < -0.4 is 9.74 Å². The lowest BCUT2D eigenvalue weighted by Gasteiger charge is -2.12. The van der Waals surface area contributed by atoms with E-state index in [4.69, 9.17) is 8.92 Å². The molecule has 3 aromatic rings. The molecule has 0 N–H and O–H groups in total. The molecule has 0 bridgehead atoms. The summed E-state index contributed by atoms with van der Waals surface area (Å²) in [5.74, 6) is -1.68. The summed E-state index contributed by atoms with van der Waals surface area (Å²) in [6.45, 7) is 3.34. The Morgan fingerprint density at radius 2 is 1.84 bits per heavy atom. The van der Waals surface area contributed by atoms with Crippen LogP contribution in [0.2, 0.25) is 0 Å². The molecule has 11 nitrogen and oxygen atoms in total. The van der Waals surface area contributed by atoms with Crippen molar-refractivity contribution in [3.8, 4) is 11.4 Å². The maximum absolute atomic E-state index is 12.7.